The van der Waals surface area contributed by atoms with E-state index in [4.69, 9.17) is 0 Å². The third kappa shape index (κ3) is 5.09. The Balaban J connectivity index is 2.76. The zero-order valence-electron chi connectivity index (χ0n) is 6.84. The molecule has 0 saturated carbocycles. The zero-order valence-corrected chi connectivity index (χ0v) is 15.5. The van der Waals surface area contributed by atoms with Gasteiger partial charge in [-0.25, -0.2) is 0 Å². The van der Waals surface area contributed by atoms with Gasteiger partial charge < -0.3 is 0 Å². The van der Waals surface area contributed by atoms with E-state index in [1.807, 2.05) is 24.3 Å². The van der Waals surface area contributed by atoms with E-state index < -0.39 is 11.6 Å². The van der Waals surface area contributed by atoms with Crippen LogP contribution in [0.15, 0.2) is 28.7 Å². The molecule has 1 nitrogen and oxygen atoms in total. The molecule has 14 heavy (non-hydrogen) atoms. The molecule has 1 rings (SSSR count). The molecule has 0 fully saturated rings. The van der Waals surface area contributed by atoms with Crippen molar-refractivity contribution in [1.82, 2.24) is 0 Å². The van der Waals surface area contributed by atoms with Gasteiger partial charge >= 0.3 is 115 Å². The molecule has 0 heterocycles. The summed E-state index contributed by atoms with van der Waals surface area (Å²) >= 11 is 11.4. The SMILES string of the molecule is O=C(C[Te](Br)(Br)Br)c1ccc(Br)cc1. The van der Waals surface area contributed by atoms with Gasteiger partial charge in [-0.15, -0.1) is 0 Å². The molecule has 0 bridgehead atoms. The Bertz CT molecular complexity index is 330. The summed E-state index contributed by atoms with van der Waals surface area (Å²) in [6.45, 7) is 0. The molecule has 0 aliphatic heterocycles. The van der Waals surface area contributed by atoms with Crippen LogP contribution in [0.4, 0.5) is 0 Å². The first kappa shape index (κ1) is 13.7. The maximum atomic E-state index is 11.7. The molecule has 0 unspecified atom stereocenters. The topological polar surface area (TPSA) is 17.1 Å². The van der Waals surface area contributed by atoms with E-state index in [1.54, 1.807) is 0 Å². The summed E-state index contributed by atoms with van der Waals surface area (Å²) in [4.78, 5) is 11.7. The van der Waals surface area contributed by atoms with E-state index in [1.165, 1.54) is 0 Å². The number of hydrogen-bond acceptors (Lipinski definition) is 1. The standard InChI is InChI=1S/C8H6Br4OTe/c9-7-3-1-6(2-4-7)8(13)5-14(10,11)12/h1-4H,5H2. The minimum absolute atomic E-state index is 0.157. The maximum absolute atomic E-state index is 11.7. The quantitative estimate of drug-likeness (QED) is 0.382. The first-order valence-electron chi connectivity index (χ1n) is 3.57. The molecule has 0 amide bonds. The molecule has 6 heteroatoms. The van der Waals surface area contributed by atoms with E-state index in [0.29, 0.717) is 4.47 Å². The number of Topliss-reactive ketones (excluding diaryl/α,β-unsaturated/α-hetero) is 1. The second kappa shape index (κ2) is 5.79. The zero-order chi connectivity index (χ0) is 10.8. The molecule has 0 aromatic heterocycles. The minimum atomic E-state index is -2.33. The second-order valence-electron chi connectivity index (χ2n) is 2.58. The van der Waals surface area contributed by atoms with Gasteiger partial charge in [0.15, 0.2) is 0 Å². The summed E-state index contributed by atoms with van der Waals surface area (Å²) in [5.74, 6) is 0.157. The van der Waals surface area contributed by atoms with Crippen molar-refractivity contribution in [1.29, 1.82) is 0 Å². The summed E-state index contributed by atoms with van der Waals surface area (Å²) in [6, 6.07) is 7.40. The summed E-state index contributed by atoms with van der Waals surface area (Å²) in [5.41, 5.74) is 0.752. The van der Waals surface area contributed by atoms with Crippen molar-refractivity contribution in [2.24, 2.45) is 0 Å². The molecule has 78 valence electrons. The molecular weight excluding hydrogens is 559 g/mol. The molecule has 0 atom stereocenters. The van der Waals surface area contributed by atoms with Crippen LogP contribution in [0.1, 0.15) is 10.4 Å². The fourth-order valence-electron chi connectivity index (χ4n) is 0.868. The number of hydrogen-bond donors (Lipinski definition) is 0. The van der Waals surface area contributed by atoms with Crippen molar-refractivity contribution in [2.75, 3.05) is 0 Å². The summed E-state index contributed by atoms with van der Waals surface area (Å²) in [5, 5.41) is 0. The van der Waals surface area contributed by atoms with Crippen molar-refractivity contribution in [3.8, 4) is 0 Å². The van der Waals surface area contributed by atoms with Crippen molar-refractivity contribution in [3.63, 3.8) is 0 Å². The Labute approximate surface area is 113 Å². The Morgan fingerprint density at radius 3 is 2.07 bits per heavy atom. The van der Waals surface area contributed by atoms with Crippen molar-refractivity contribution >= 4 is 71.5 Å². The fourth-order valence-corrected chi connectivity index (χ4v) is 6.64. The van der Waals surface area contributed by atoms with Gasteiger partial charge in [0.25, 0.3) is 0 Å². The average molecular weight is 565 g/mol. The van der Waals surface area contributed by atoms with Gasteiger partial charge in [-0.1, -0.05) is 0 Å². The van der Waals surface area contributed by atoms with Crippen LogP contribution in [0.5, 0.6) is 0 Å². The number of benzene rings is 1. The van der Waals surface area contributed by atoms with Gasteiger partial charge in [0.1, 0.15) is 0 Å². The third-order valence-corrected chi connectivity index (χ3v) is 8.28. The average Bonchev–Trinajstić information content (AvgIpc) is 2.02. The van der Waals surface area contributed by atoms with Gasteiger partial charge in [-0.3, -0.25) is 0 Å². The Morgan fingerprint density at radius 1 is 1.14 bits per heavy atom. The van der Waals surface area contributed by atoms with Crippen LogP contribution in [-0.4, -0.2) is 17.3 Å². The van der Waals surface area contributed by atoms with Gasteiger partial charge in [0, 0.05) is 0 Å². The van der Waals surface area contributed by atoms with E-state index in [-0.39, 0.29) is 5.78 Å². The van der Waals surface area contributed by atoms with Gasteiger partial charge in [0.2, 0.25) is 0 Å². The van der Waals surface area contributed by atoms with Gasteiger partial charge in [-0.2, -0.15) is 0 Å². The Hall–Kier alpha value is 1.60. The first-order valence-corrected chi connectivity index (χ1v) is 21.7. The van der Waals surface area contributed by atoms with Crippen LogP contribution in [0.2, 0.25) is 4.47 Å². The number of carbonyl (C=O) groups is 1. The predicted molar refractivity (Wildman–Crippen MR) is 75.8 cm³/mol. The fraction of sp³-hybridized carbons (Fsp3) is 0.125. The molecular formula is C8H6Br4OTe. The number of ketones is 1. The van der Waals surface area contributed by atoms with Crippen molar-refractivity contribution < 1.29 is 4.79 Å². The second-order valence-corrected chi connectivity index (χ2v) is 46.9. The number of halogens is 4. The van der Waals surface area contributed by atoms with E-state index >= 15 is 0 Å². The third-order valence-electron chi connectivity index (χ3n) is 1.46. The van der Waals surface area contributed by atoms with Crippen LogP contribution >= 0.6 is 54.2 Å². The molecule has 1 aromatic rings. The van der Waals surface area contributed by atoms with E-state index in [2.05, 4.69) is 54.2 Å². The molecule has 0 aliphatic carbocycles. The first-order chi connectivity index (χ1) is 6.38. The summed E-state index contributed by atoms with van der Waals surface area (Å²) in [7, 11) is 0. The molecule has 1 aromatic carbocycles. The molecule has 0 N–H and O–H groups in total. The van der Waals surface area contributed by atoms with Crippen LogP contribution in [0.3, 0.4) is 0 Å². The van der Waals surface area contributed by atoms with Gasteiger partial charge in [-0.05, 0) is 0 Å². The van der Waals surface area contributed by atoms with E-state index in [0.717, 1.165) is 10.0 Å². The monoisotopic (exact) mass is 564 g/mol. The van der Waals surface area contributed by atoms with E-state index in [9.17, 15) is 4.79 Å². The molecule has 0 spiro atoms. The Kier molecular flexibility index (Phi) is 5.65. The van der Waals surface area contributed by atoms with Crippen molar-refractivity contribution in [2.45, 2.75) is 4.47 Å². The summed E-state index contributed by atoms with van der Waals surface area (Å²) in [6.07, 6.45) is 0. The van der Waals surface area contributed by atoms with Crippen LogP contribution < -0.4 is 0 Å². The van der Waals surface area contributed by atoms with Crippen LogP contribution in [-0.2, 0) is 0 Å². The Morgan fingerprint density at radius 2 is 1.64 bits per heavy atom. The predicted octanol–water partition coefficient (Wildman–Crippen LogP) is 4.76. The summed E-state index contributed by atoms with van der Waals surface area (Å²) < 4.78 is 1.52. The number of rotatable bonds is 3. The van der Waals surface area contributed by atoms with Crippen LogP contribution in [0, 0.1) is 0 Å². The number of carbonyl (C=O) groups excluding carboxylic acids is 1. The van der Waals surface area contributed by atoms with Crippen LogP contribution in [0.25, 0.3) is 0 Å². The van der Waals surface area contributed by atoms with Crippen molar-refractivity contribution in [3.05, 3.63) is 34.3 Å². The molecule has 0 saturated heterocycles. The van der Waals surface area contributed by atoms with Gasteiger partial charge in [0.05, 0.1) is 0 Å². The molecule has 0 aliphatic rings. The molecule has 0 radical (unpaired) electrons. The normalized spacial score (nSPS) is 12.6.